The molecule has 23 heavy (non-hydrogen) atoms. The maximum absolute atomic E-state index is 12.8. The Kier molecular flexibility index (Phi) is 5.80. The minimum absolute atomic E-state index is 0. The molecule has 1 saturated heterocycles. The van der Waals surface area contributed by atoms with Crippen molar-refractivity contribution in [1.82, 2.24) is 20.0 Å². The molecule has 124 valence electrons. The summed E-state index contributed by atoms with van der Waals surface area (Å²) in [6.07, 6.45) is 3.70. The van der Waals surface area contributed by atoms with Gasteiger partial charge in [0.25, 0.3) is 5.91 Å². The van der Waals surface area contributed by atoms with Crippen molar-refractivity contribution in [3.63, 3.8) is 0 Å². The van der Waals surface area contributed by atoms with Gasteiger partial charge in [-0.3, -0.25) is 4.79 Å². The van der Waals surface area contributed by atoms with E-state index >= 15 is 0 Å². The number of para-hydroxylation sites is 1. The Balaban J connectivity index is 0.00000192. The summed E-state index contributed by atoms with van der Waals surface area (Å²) in [5.74, 6) is 0.0616. The number of piperidine rings is 1. The Hall–Kier alpha value is -1.85. The third kappa shape index (κ3) is 3.57. The first kappa shape index (κ1) is 17.5. The second kappa shape index (κ2) is 7.62. The topological polar surface area (TPSA) is 50.2 Å². The lowest BCUT2D eigenvalue weighted by Crippen LogP contribution is -2.44. The second-order valence-electron chi connectivity index (χ2n) is 5.79. The zero-order valence-electron chi connectivity index (χ0n) is 13.5. The van der Waals surface area contributed by atoms with Gasteiger partial charge in [0, 0.05) is 13.1 Å². The van der Waals surface area contributed by atoms with E-state index in [-0.39, 0.29) is 18.3 Å². The van der Waals surface area contributed by atoms with E-state index in [1.54, 1.807) is 6.20 Å². The normalized spacial score (nSPS) is 15.0. The minimum Gasteiger partial charge on any atom is -0.339 e. The molecule has 5 nitrogen and oxygen atoms in total. The molecular weight excluding hydrogens is 312 g/mol. The average molecular weight is 335 g/mol. The van der Waals surface area contributed by atoms with E-state index in [0.717, 1.165) is 37.3 Å². The first-order valence-electron chi connectivity index (χ1n) is 7.76. The summed E-state index contributed by atoms with van der Waals surface area (Å²) in [7, 11) is 1.90. The third-order valence-corrected chi connectivity index (χ3v) is 4.42. The van der Waals surface area contributed by atoms with Crippen LogP contribution in [0, 0.1) is 6.92 Å². The van der Waals surface area contributed by atoms with Crippen LogP contribution in [-0.2, 0) is 0 Å². The van der Waals surface area contributed by atoms with Crippen LogP contribution in [0.3, 0.4) is 0 Å². The summed E-state index contributed by atoms with van der Waals surface area (Å²) in [6, 6.07) is 10.2. The van der Waals surface area contributed by atoms with Gasteiger partial charge in [0.05, 0.1) is 23.1 Å². The van der Waals surface area contributed by atoms with E-state index in [0.29, 0.717) is 11.6 Å². The highest BCUT2D eigenvalue weighted by atomic mass is 35.5. The monoisotopic (exact) mass is 334 g/mol. The van der Waals surface area contributed by atoms with Crippen LogP contribution < -0.4 is 5.32 Å². The lowest BCUT2D eigenvalue weighted by Gasteiger charge is -2.31. The van der Waals surface area contributed by atoms with E-state index in [1.165, 1.54) is 0 Å². The molecule has 0 unspecified atom stereocenters. The maximum atomic E-state index is 12.8. The highest BCUT2D eigenvalue weighted by Crippen LogP contribution is 2.18. The fourth-order valence-corrected chi connectivity index (χ4v) is 3.00. The molecule has 1 N–H and O–H groups in total. The highest BCUT2D eigenvalue weighted by molar-refractivity contribution is 5.95. The van der Waals surface area contributed by atoms with Crippen molar-refractivity contribution >= 4 is 18.3 Å². The summed E-state index contributed by atoms with van der Waals surface area (Å²) in [6.45, 7) is 3.90. The predicted molar refractivity (Wildman–Crippen MR) is 93.5 cm³/mol. The second-order valence-corrected chi connectivity index (χ2v) is 5.79. The number of carbonyl (C=O) groups is 1. The smallest absolute Gasteiger partial charge is 0.257 e. The molecule has 1 aromatic heterocycles. The van der Waals surface area contributed by atoms with Crippen molar-refractivity contribution in [2.75, 3.05) is 20.1 Å². The molecule has 1 fully saturated rings. The molecule has 0 bridgehead atoms. The molecule has 2 heterocycles. The molecule has 0 aliphatic carbocycles. The standard InChI is InChI=1S/C17H22N4O.ClH/c1-13-16(12-19-21(13)15-6-4-3-5-7-15)17(22)20(2)14-8-10-18-11-9-14;/h3-7,12,14,18H,8-11H2,1-2H3;1H. The first-order valence-corrected chi connectivity index (χ1v) is 7.76. The molecule has 0 radical (unpaired) electrons. The molecule has 3 rings (SSSR count). The summed E-state index contributed by atoms with van der Waals surface area (Å²) < 4.78 is 1.82. The molecule has 1 amide bonds. The summed E-state index contributed by atoms with van der Waals surface area (Å²) in [5, 5.41) is 7.72. The number of nitrogens with zero attached hydrogens (tertiary/aromatic N) is 3. The van der Waals surface area contributed by atoms with Crippen molar-refractivity contribution in [3.8, 4) is 5.69 Å². The average Bonchev–Trinajstić information content (AvgIpc) is 2.96. The van der Waals surface area contributed by atoms with Gasteiger partial charge in [-0.2, -0.15) is 5.10 Å². The van der Waals surface area contributed by atoms with Crippen molar-refractivity contribution in [2.45, 2.75) is 25.8 Å². The van der Waals surface area contributed by atoms with Crippen LogP contribution >= 0.6 is 12.4 Å². The number of benzene rings is 1. The third-order valence-electron chi connectivity index (χ3n) is 4.42. The van der Waals surface area contributed by atoms with Gasteiger partial charge in [0.2, 0.25) is 0 Å². The van der Waals surface area contributed by atoms with Gasteiger partial charge in [-0.25, -0.2) is 4.68 Å². The largest absolute Gasteiger partial charge is 0.339 e. The minimum atomic E-state index is 0. The maximum Gasteiger partial charge on any atom is 0.257 e. The van der Waals surface area contributed by atoms with Gasteiger partial charge in [0.1, 0.15) is 0 Å². The molecule has 0 saturated carbocycles. The van der Waals surface area contributed by atoms with Crippen LogP contribution in [-0.4, -0.2) is 46.8 Å². The fourth-order valence-electron chi connectivity index (χ4n) is 3.00. The summed E-state index contributed by atoms with van der Waals surface area (Å²) >= 11 is 0. The van der Waals surface area contributed by atoms with Crippen LogP contribution in [0.2, 0.25) is 0 Å². The number of carbonyl (C=O) groups excluding carboxylic acids is 1. The fraction of sp³-hybridized carbons (Fsp3) is 0.412. The molecular formula is C17H23ClN4O. The van der Waals surface area contributed by atoms with Gasteiger partial charge in [0.15, 0.2) is 0 Å². The molecule has 0 atom stereocenters. The van der Waals surface area contributed by atoms with Crippen LogP contribution in [0.25, 0.3) is 5.69 Å². The summed E-state index contributed by atoms with van der Waals surface area (Å²) in [5.41, 5.74) is 2.55. The molecule has 6 heteroatoms. The van der Waals surface area contributed by atoms with Crippen LogP contribution in [0.15, 0.2) is 36.5 Å². The van der Waals surface area contributed by atoms with Gasteiger partial charge in [-0.1, -0.05) is 18.2 Å². The Morgan fingerprint density at radius 3 is 2.57 bits per heavy atom. The van der Waals surface area contributed by atoms with E-state index in [2.05, 4.69) is 10.4 Å². The lowest BCUT2D eigenvalue weighted by molar-refractivity contribution is 0.0702. The predicted octanol–water partition coefficient (Wildman–Crippen LogP) is 2.43. The van der Waals surface area contributed by atoms with E-state index in [1.807, 2.05) is 53.9 Å². The van der Waals surface area contributed by atoms with E-state index < -0.39 is 0 Å². The Labute approximate surface area is 143 Å². The summed E-state index contributed by atoms with van der Waals surface area (Å²) in [4.78, 5) is 14.6. The quantitative estimate of drug-likeness (QED) is 0.938. The van der Waals surface area contributed by atoms with Gasteiger partial charge in [-0.05, 0) is 45.0 Å². The van der Waals surface area contributed by atoms with Crippen LogP contribution in [0.5, 0.6) is 0 Å². The number of hydrogen-bond donors (Lipinski definition) is 1. The lowest BCUT2D eigenvalue weighted by atomic mass is 10.0. The van der Waals surface area contributed by atoms with E-state index in [4.69, 9.17) is 0 Å². The van der Waals surface area contributed by atoms with Crippen molar-refractivity contribution in [3.05, 3.63) is 47.8 Å². The highest BCUT2D eigenvalue weighted by Gasteiger charge is 2.25. The number of hydrogen-bond acceptors (Lipinski definition) is 3. The SMILES string of the molecule is Cc1c(C(=O)N(C)C2CCNCC2)cnn1-c1ccccc1.Cl. The van der Waals surface area contributed by atoms with Crippen LogP contribution in [0.1, 0.15) is 28.9 Å². The molecule has 0 spiro atoms. The zero-order chi connectivity index (χ0) is 15.5. The number of rotatable bonds is 3. The molecule has 1 aliphatic rings. The van der Waals surface area contributed by atoms with E-state index in [9.17, 15) is 4.79 Å². The first-order chi connectivity index (χ1) is 10.7. The Morgan fingerprint density at radius 1 is 1.26 bits per heavy atom. The van der Waals surface area contributed by atoms with Crippen molar-refractivity contribution in [1.29, 1.82) is 0 Å². The molecule has 2 aromatic rings. The zero-order valence-corrected chi connectivity index (χ0v) is 14.3. The number of halogens is 1. The van der Waals surface area contributed by atoms with Crippen molar-refractivity contribution < 1.29 is 4.79 Å². The Morgan fingerprint density at radius 2 is 1.91 bits per heavy atom. The van der Waals surface area contributed by atoms with Gasteiger partial charge < -0.3 is 10.2 Å². The van der Waals surface area contributed by atoms with Crippen LogP contribution in [0.4, 0.5) is 0 Å². The molecule has 1 aliphatic heterocycles. The number of nitrogens with one attached hydrogen (secondary N) is 1. The van der Waals surface area contributed by atoms with Gasteiger partial charge in [-0.15, -0.1) is 12.4 Å². The number of amides is 1. The number of aromatic nitrogens is 2. The molecule has 1 aromatic carbocycles. The van der Waals surface area contributed by atoms with Gasteiger partial charge >= 0.3 is 0 Å². The Bertz CT molecular complexity index is 650. The van der Waals surface area contributed by atoms with Crippen molar-refractivity contribution in [2.24, 2.45) is 0 Å².